The zero-order chi connectivity index (χ0) is 22.6. The second kappa shape index (κ2) is 10.5. The molecule has 8 nitrogen and oxygen atoms in total. The highest BCUT2D eigenvalue weighted by molar-refractivity contribution is 14.1. The van der Waals surface area contributed by atoms with Crippen LogP contribution in [0.5, 0.6) is 0 Å². The van der Waals surface area contributed by atoms with Crippen molar-refractivity contribution in [3.8, 4) is 0 Å². The number of amides is 1. The van der Waals surface area contributed by atoms with Gasteiger partial charge in [0.1, 0.15) is 0 Å². The van der Waals surface area contributed by atoms with E-state index in [0.717, 1.165) is 20.7 Å². The third-order valence-corrected chi connectivity index (χ3v) is 7.43. The number of hydroxylamine groups is 1. The Balaban J connectivity index is 1.92. The van der Waals surface area contributed by atoms with Crippen molar-refractivity contribution < 1.29 is 22.8 Å². The highest BCUT2D eigenvalue weighted by atomic mass is 127. The molecule has 2 aromatic rings. The lowest BCUT2D eigenvalue weighted by molar-refractivity contribution is -0.186. The van der Waals surface area contributed by atoms with Gasteiger partial charge in [-0.05, 0) is 71.8 Å². The van der Waals surface area contributed by atoms with Crippen molar-refractivity contribution in [2.24, 2.45) is 0 Å². The first-order chi connectivity index (χ1) is 14.7. The van der Waals surface area contributed by atoms with Gasteiger partial charge in [0.15, 0.2) is 6.29 Å². The van der Waals surface area contributed by atoms with Gasteiger partial charge in [-0.25, -0.2) is 23.0 Å². The van der Waals surface area contributed by atoms with E-state index >= 15 is 0 Å². The van der Waals surface area contributed by atoms with Gasteiger partial charge in [-0.3, -0.25) is 4.79 Å². The minimum Gasteiger partial charge on any atom is -0.354 e. The number of hydrogen-bond acceptors (Lipinski definition) is 6. The summed E-state index contributed by atoms with van der Waals surface area (Å²) in [5.74, 6) is -0.535. The minimum absolute atomic E-state index is 0.0368. The van der Waals surface area contributed by atoms with E-state index < -0.39 is 22.2 Å². The van der Waals surface area contributed by atoms with E-state index in [-0.39, 0.29) is 16.1 Å². The molecular weight excluding hydrogens is 557 g/mol. The van der Waals surface area contributed by atoms with E-state index in [2.05, 4.69) is 33.4 Å². The van der Waals surface area contributed by atoms with Crippen LogP contribution in [0.3, 0.4) is 0 Å². The van der Waals surface area contributed by atoms with Crippen LogP contribution in [0, 0.1) is 3.57 Å². The van der Waals surface area contributed by atoms with E-state index in [9.17, 15) is 13.2 Å². The first kappa shape index (κ1) is 24.2. The molecule has 11 heteroatoms. The van der Waals surface area contributed by atoms with E-state index in [1.165, 1.54) is 32.3 Å². The Labute approximate surface area is 200 Å². The van der Waals surface area contributed by atoms with Crippen molar-refractivity contribution in [1.82, 2.24) is 9.79 Å². The Morgan fingerprint density at radius 1 is 1.19 bits per heavy atom. The molecule has 1 unspecified atom stereocenters. The Bertz CT molecular complexity index is 1060. The molecule has 1 fully saturated rings. The van der Waals surface area contributed by atoms with Crippen LogP contribution in [-0.4, -0.2) is 45.6 Å². The quantitative estimate of drug-likeness (QED) is 0.378. The molecule has 1 saturated heterocycles. The summed E-state index contributed by atoms with van der Waals surface area (Å²) >= 11 is 8.45. The van der Waals surface area contributed by atoms with Gasteiger partial charge in [-0.2, -0.15) is 0 Å². The summed E-state index contributed by atoms with van der Waals surface area (Å²) in [7, 11) is -0.821. The summed E-state index contributed by atoms with van der Waals surface area (Å²) in [6.45, 7) is 0.579. The van der Waals surface area contributed by atoms with Gasteiger partial charge in [0, 0.05) is 30.7 Å². The molecule has 0 aliphatic carbocycles. The molecule has 3 rings (SSSR count). The molecule has 1 amide bonds. The van der Waals surface area contributed by atoms with Gasteiger partial charge in [0.2, 0.25) is 10.0 Å². The summed E-state index contributed by atoms with van der Waals surface area (Å²) in [6.07, 6.45) is 2.09. The van der Waals surface area contributed by atoms with Crippen molar-refractivity contribution >= 4 is 61.5 Å². The number of hydrogen-bond donors (Lipinski definition) is 2. The molecule has 0 radical (unpaired) electrons. The molecule has 1 aliphatic rings. The highest BCUT2D eigenvalue weighted by Gasteiger charge is 2.22. The predicted molar refractivity (Wildman–Crippen MR) is 127 cm³/mol. The maximum Gasteiger partial charge on any atom is 0.277 e. The van der Waals surface area contributed by atoms with Crippen molar-refractivity contribution in [3.05, 3.63) is 50.6 Å². The number of rotatable bonds is 7. The zero-order valence-corrected chi connectivity index (χ0v) is 20.8. The Morgan fingerprint density at radius 3 is 2.61 bits per heavy atom. The predicted octanol–water partition coefficient (Wildman–Crippen LogP) is 4.13. The lowest BCUT2D eigenvalue weighted by Gasteiger charge is -2.22. The number of ether oxygens (including phenoxy) is 1. The summed E-state index contributed by atoms with van der Waals surface area (Å²) < 4.78 is 32.7. The van der Waals surface area contributed by atoms with Crippen LogP contribution in [0.25, 0.3) is 0 Å². The van der Waals surface area contributed by atoms with Crippen LogP contribution in [0.2, 0.25) is 5.02 Å². The largest absolute Gasteiger partial charge is 0.354 e. The molecule has 1 aliphatic heterocycles. The van der Waals surface area contributed by atoms with Gasteiger partial charge in [-0.1, -0.05) is 11.6 Å². The van der Waals surface area contributed by atoms with Gasteiger partial charge in [0.05, 0.1) is 26.9 Å². The van der Waals surface area contributed by atoms with E-state index in [1.54, 1.807) is 12.1 Å². The first-order valence-corrected chi connectivity index (χ1v) is 12.4. The zero-order valence-electron chi connectivity index (χ0n) is 17.0. The average Bonchev–Trinajstić information content (AvgIpc) is 2.74. The molecule has 168 valence electrons. The number of sulfonamides is 1. The number of carbonyl (C=O) groups is 1. The van der Waals surface area contributed by atoms with Gasteiger partial charge < -0.3 is 10.1 Å². The normalized spacial score (nSPS) is 16.9. The summed E-state index contributed by atoms with van der Waals surface area (Å²) in [5, 5.41) is 3.51. The Hall–Kier alpha value is -1.44. The number of nitrogens with one attached hydrogen (secondary N) is 2. The monoisotopic (exact) mass is 579 g/mol. The molecule has 2 aromatic carbocycles. The molecule has 2 N–H and O–H groups in total. The third-order valence-electron chi connectivity index (χ3n) is 4.64. The van der Waals surface area contributed by atoms with Crippen LogP contribution in [0.1, 0.15) is 29.6 Å². The second-order valence-electron chi connectivity index (χ2n) is 7.09. The van der Waals surface area contributed by atoms with E-state index in [4.69, 9.17) is 21.2 Å². The number of carbonyl (C=O) groups excluding carboxylic acids is 1. The fourth-order valence-corrected chi connectivity index (χ4v) is 4.74. The van der Waals surface area contributed by atoms with Crippen molar-refractivity contribution in [3.63, 3.8) is 0 Å². The van der Waals surface area contributed by atoms with E-state index in [0.29, 0.717) is 23.7 Å². The average molecular weight is 580 g/mol. The van der Waals surface area contributed by atoms with Crippen molar-refractivity contribution in [2.75, 3.05) is 26.0 Å². The van der Waals surface area contributed by atoms with E-state index in [1.807, 2.05) is 6.07 Å². The molecule has 1 atom stereocenters. The lowest BCUT2D eigenvalue weighted by atomic mass is 10.1. The number of anilines is 2. The van der Waals surface area contributed by atoms with Crippen LogP contribution in [-0.2, 0) is 19.6 Å². The minimum atomic E-state index is -3.70. The lowest BCUT2D eigenvalue weighted by Crippen LogP contribution is -2.33. The Kier molecular flexibility index (Phi) is 8.16. The van der Waals surface area contributed by atoms with Crippen molar-refractivity contribution in [2.45, 2.75) is 30.4 Å². The van der Waals surface area contributed by atoms with Crippen LogP contribution in [0.15, 0.2) is 41.3 Å². The van der Waals surface area contributed by atoms with Gasteiger partial charge in [-0.15, -0.1) is 0 Å². The first-order valence-electron chi connectivity index (χ1n) is 9.55. The molecule has 0 bridgehead atoms. The Morgan fingerprint density at radius 2 is 1.97 bits per heavy atom. The fourth-order valence-electron chi connectivity index (χ4n) is 2.91. The number of halogens is 2. The van der Waals surface area contributed by atoms with Crippen LogP contribution >= 0.6 is 34.2 Å². The van der Waals surface area contributed by atoms with Crippen LogP contribution < -0.4 is 10.8 Å². The summed E-state index contributed by atoms with van der Waals surface area (Å²) in [5.41, 5.74) is 3.41. The maximum absolute atomic E-state index is 12.8. The standard InChI is InChI=1S/C20H23ClIN3O5S/c1-25(2)31(27,28)14-7-8-15(20(26)24-30-19-5-3-4-10-29-19)18(12-14)23-17-9-6-13(22)11-16(17)21/h6-9,11-12,19,23H,3-5,10H2,1-2H3,(H,24,26). The summed E-state index contributed by atoms with van der Waals surface area (Å²) in [6, 6.07) is 9.56. The smallest absolute Gasteiger partial charge is 0.277 e. The molecule has 0 saturated carbocycles. The fraction of sp³-hybridized carbons (Fsp3) is 0.350. The maximum atomic E-state index is 12.8. The molecule has 0 spiro atoms. The van der Waals surface area contributed by atoms with Crippen molar-refractivity contribution in [1.29, 1.82) is 0 Å². The summed E-state index contributed by atoms with van der Waals surface area (Å²) in [4.78, 5) is 18.2. The second-order valence-corrected chi connectivity index (χ2v) is 10.9. The van der Waals surface area contributed by atoms with Gasteiger partial charge >= 0.3 is 0 Å². The molecule has 0 aromatic heterocycles. The van der Waals surface area contributed by atoms with Crippen LogP contribution in [0.4, 0.5) is 11.4 Å². The third kappa shape index (κ3) is 6.08. The van der Waals surface area contributed by atoms with Gasteiger partial charge in [0.25, 0.3) is 5.91 Å². The SMILES string of the molecule is CN(C)S(=O)(=O)c1ccc(C(=O)NOC2CCCCO2)c(Nc2ccc(I)cc2Cl)c1. The molecule has 1 heterocycles. The number of benzene rings is 2. The number of nitrogens with zero attached hydrogens (tertiary/aromatic N) is 1. The molecular formula is C20H23ClIN3O5S. The molecule has 31 heavy (non-hydrogen) atoms. The highest BCUT2D eigenvalue weighted by Crippen LogP contribution is 2.31. The topological polar surface area (TPSA) is 97.0 Å².